The van der Waals surface area contributed by atoms with Gasteiger partial charge in [-0.05, 0) is 38.2 Å². The highest BCUT2D eigenvalue weighted by atomic mass is 35.5. The molecule has 106 valence electrons. The van der Waals surface area contributed by atoms with Gasteiger partial charge in [-0.15, -0.1) is 0 Å². The summed E-state index contributed by atoms with van der Waals surface area (Å²) in [6.07, 6.45) is 0.678. The Labute approximate surface area is 124 Å². The van der Waals surface area contributed by atoms with E-state index in [1.807, 2.05) is 25.1 Å². The maximum atomic E-state index is 11.5. The second kappa shape index (κ2) is 8.25. The van der Waals surface area contributed by atoms with E-state index < -0.39 is 0 Å². The molecule has 2 N–H and O–H groups in total. The summed E-state index contributed by atoms with van der Waals surface area (Å²) in [6, 6.07) is 5.21. The molecule has 0 spiro atoms. The van der Waals surface area contributed by atoms with Crippen molar-refractivity contribution >= 4 is 29.2 Å². The second-order valence-corrected chi connectivity index (χ2v) is 5.32. The lowest BCUT2D eigenvalue weighted by atomic mass is 10.1. The van der Waals surface area contributed by atoms with Crippen LogP contribution in [0.3, 0.4) is 0 Å². The van der Waals surface area contributed by atoms with Crippen molar-refractivity contribution in [1.82, 2.24) is 15.5 Å². The summed E-state index contributed by atoms with van der Waals surface area (Å²) in [5.74, 6) is 0. The number of nitrogens with one attached hydrogen (secondary N) is 2. The number of carbonyl (C=O) groups is 1. The highest BCUT2D eigenvalue weighted by Crippen LogP contribution is 2.20. The minimum absolute atomic E-state index is 0.160. The minimum Gasteiger partial charge on any atom is -0.338 e. The van der Waals surface area contributed by atoms with E-state index in [0.717, 1.165) is 12.1 Å². The van der Waals surface area contributed by atoms with Crippen LogP contribution in [0, 0.1) is 0 Å². The third-order valence-electron chi connectivity index (χ3n) is 2.54. The number of likely N-dealkylation sites (N-methyl/N-ethyl adjacent to an activating group) is 1. The van der Waals surface area contributed by atoms with Crippen LogP contribution < -0.4 is 10.6 Å². The Hall–Kier alpha value is -0.970. The van der Waals surface area contributed by atoms with Crippen molar-refractivity contribution in [3.8, 4) is 0 Å². The number of benzene rings is 1. The topological polar surface area (TPSA) is 44.4 Å². The average molecular weight is 304 g/mol. The van der Waals surface area contributed by atoms with E-state index in [0.29, 0.717) is 29.6 Å². The summed E-state index contributed by atoms with van der Waals surface area (Å²) in [7, 11) is 3.92. The van der Waals surface area contributed by atoms with Gasteiger partial charge in [0.1, 0.15) is 0 Å². The maximum absolute atomic E-state index is 11.5. The molecular weight excluding hydrogens is 285 g/mol. The zero-order valence-electron chi connectivity index (χ0n) is 11.2. The molecule has 0 aliphatic rings. The molecule has 19 heavy (non-hydrogen) atoms. The molecule has 0 bridgehead atoms. The van der Waals surface area contributed by atoms with Crippen LogP contribution in [0.2, 0.25) is 10.0 Å². The number of hydrogen-bond acceptors (Lipinski definition) is 2. The van der Waals surface area contributed by atoms with Crippen molar-refractivity contribution in [2.75, 3.05) is 33.7 Å². The van der Waals surface area contributed by atoms with E-state index >= 15 is 0 Å². The predicted octanol–water partition coefficient (Wildman–Crippen LogP) is 2.40. The van der Waals surface area contributed by atoms with Gasteiger partial charge in [0.05, 0.1) is 0 Å². The first kappa shape index (κ1) is 16.1. The second-order valence-electron chi connectivity index (χ2n) is 4.47. The summed E-state index contributed by atoms with van der Waals surface area (Å²) < 4.78 is 0. The molecule has 1 aromatic rings. The molecule has 0 unspecified atom stereocenters. The number of rotatable bonds is 6. The highest BCUT2D eigenvalue weighted by Gasteiger charge is 2.03. The summed E-state index contributed by atoms with van der Waals surface area (Å²) in [4.78, 5) is 13.5. The van der Waals surface area contributed by atoms with Crippen LogP contribution in [0.4, 0.5) is 4.79 Å². The van der Waals surface area contributed by atoms with Gasteiger partial charge in [-0.25, -0.2) is 4.79 Å². The quantitative estimate of drug-likeness (QED) is 0.847. The monoisotopic (exact) mass is 303 g/mol. The first-order valence-corrected chi connectivity index (χ1v) is 6.85. The maximum Gasteiger partial charge on any atom is 0.314 e. The fourth-order valence-electron chi connectivity index (χ4n) is 1.49. The van der Waals surface area contributed by atoms with Crippen molar-refractivity contribution in [3.63, 3.8) is 0 Å². The van der Waals surface area contributed by atoms with Crippen molar-refractivity contribution in [3.05, 3.63) is 33.8 Å². The van der Waals surface area contributed by atoms with Crippen LogP contribution in [0.25, 0.3) is 0 Å². The summed E-state index contributed by atoms with van der Waals surface area (Å²) in [6.45, 7) is 1.98. The zero-order chi connectivity index (χ0) is 14.3. The van der Waals surface area contributed by atoms with E-state index in [1.54, 1.807) is 12.1 Å². The molecule has 2 amide bonds. The smallest absolute Gasteiger partial charge is 0.314 e. The van der Waals surface area contributed by atoms with Crippen LogP contribution >= 0.6 is 23.2 Å². The Morgan fingerprint density at radius 2 is 1.89 bits per heavy atom. The van der Waals surface area contributed by atoms with Crippen LogP contribution in [0.5, 0.6) is 0 Å². The molecule has 0 fully saturated rings. The van der Waals surface area contributed by atoms with Crippen molar-refractivity contribution in [1.29, 1.82) is 0 Å². The third kappa shape index (κ3) is 6.66. The number of carbonyl (C=O) groups excluding carboxylic acids is 1. The first-order valence-electron chi connectivity index (χ1n) is 6.09. The normalized spacial score (nSPS) is 10.6. The van der Waals surface area contributed by atoms with E-state index in [1.165, 1.54) is 0 Å². The molecule has 0 saturated carbocycles. The van der Waals surface area contributed by atoms with Gasteiger partial charge in [-0.2, -0.15) is 0 Å². The minimum atomic E-state index is -0.160. The van der Waals surface area contributed by atoms with Crippen LogP contribution in [0.1, 0.15) is 5.56 Å². The van der Waals surface area contributed by atoms with Crippen molar-refractivity contribution < 1.29 is 4.79 Å². The lowest BCUT2D eigenvalue weighted by molar-refractivity contribution is 0.239. The molecule has 0 heterocycles. The van der Waals surface area contributed by atoms with E-state index in [2.05, 4.69) is 10.6 Å². The van der Waals surface area contributed by atoms with Gasteiger partial charge in [0.15, 0.2) is 0 Å². The predicted molar refractivity (Wildman–Crippen MR) is 80.1 cm³/mol. The fraction of sp³-hybridized carbons (Fsp3) is 0.462. The lowest BCUT2D eigenvalue weighted by Crippen LogP contribution is -2.39. The molecule has 0 radical (unpaired) electrons. The highest BCUT2D eigenvalue weighted by molar-refractivity contribution is 6.35. The largest absolute Gasteiger partial charge is 0.338 e. The van der Waals surface area contributed by atoms with Gasteiger partial charge in [-0.3, -0.25) is 0 Å². The average Bonchev–Trinajstić information content (AvgIpc) is 2.31. The van der Waals surface area contributed by atoms with Crippen LogP contribution in [-0.4, -0.2) is 44.7 Å². The summed E-state index contributed by atoms with van der Waals surface area (Å²) in [5, 5.41) is 6.81. The van der Waals surface area contributed by atoms with E-state index in [9.17, 15) is 4.79 Å². The van der Waals surface area contributed by atoms with E-state index in [-0.39, 0.29) is 6.03 Å². The van der Waals surface area contributed by atoms with Crippen LogP contribution in [0.15, 0.2) is 18.2 Å². The Morgan fingerprint density at radius 3 is 2.53 bits per heavy atom. The third-order valence-corrected chi connectivity index (χ3v) is 3.13. The Bertz CT molecular complexity index is 424. The number of hydrogen-bond donors (Lipinski definition) is 2. The molecule has 0 aliphatic carbocycles. The molecule has 0 aromatic heterocycles. The Balaban J connectivity index is 2.24. The van der Waals surface area contributed by atoms with Crippen molar-refractivity contribution in [2.24, 2.45) is 0 Å². The molecule has 0 saturated heterocycles. The van der Waals surface area contributed by atoms with Gasteiger partial charge < -0.3 is 15.5 Å². The van der Waals surface area contributed by atoms with E-state index in [4.69, 9.17) is 23.2 Å². The number of urea groups is 1. The van der Waals surface area contributed by atoms with Crippen LogP contribution in [-0.2, 0) is 6.42 Å². The van der Waals surface area contributed by atoms with Gasteiger partial charge in [0.2, 0.25) is 0 Å². The molecule has 1 rings (SSSR count). The SMILES string of the molecule is CN(C)CCNC(=O)NCCc1ccc(Cl)cc1Cl. The van der Waals surface area contributed by atoms with Gasteiger partial charge in [0, 0.05) is 29.7 Å². The molecule has 6 heteroatoms. The van der Waals surface area contributed by atoms with Gasteiger partial charge >= 0.3 is 6.03 Å². The standard InChI is InChI=1S/C13H19Cl2N3O/c1-18(2)8-7-17-13(19)16-6-5-10-3-4-11(14)9-12(10)15/h3-4,9H,5-8H2,1-2H3,(H2,16,17,19). The van der Waals surface area contributed by atoms with Gasteiger partial charge in [0.25, 0.3) is 0 Å². The summed E-state index contributed by atoms with van der Waals surface area (Å²) >= 11 is 11.9. The molecule has 0 aliphatic heterocycles. The summed E-state index contributed by atoms with van der Waals surface area (Å²) in [5.41, 5.74) is 0.972. The molecule has 0 atom stereocenters. The van der Waals surface area contributed by atoms with Gasteiger partial charge in [-0.1, -0.05) is 29.3 Å². The molecular formula is C13H19Cl2N3O. The zero-order valence-corrected chi connectivity index (χ0v) is 12.7. The lowest BCUT2D eigenvalue weighted by Gasteiger charge is -2.11. The van der Waals surface area contributed by atoms with Crippen molar-refractivity contribution in [2.45, 2.75) is 6.42 Å². The Kier molecular flexibility index (Phi) is 6.99. The molecule has 1 aromatic carbocycles. The fourth-order valence-corrected chi connectivity index (χ4v) is 1.99. The molecule has 4 nitrogen and oxygen atoms in total. The number of amides is 2. The number of nitrogens with zero attached hydrogens (tertiary/aromatic N) is 1. The Morgan fingerprint density at radius 1 is 1.21 bits per heavy atom. The number of halogens is 2. The first-order chi connectivity index (χ1) is 8.99.